The van der Waals surface area contributed by atoms with E-state index in [-0.39, 0.29) is 11.5 Å². The number of benzene rings is 1. The Bertz CT molecular complexity index is 604. The Kier molecular flexibility index (Phi) is 3.50. The van der Waals surface area contributed by atoms with Crippen LogP contribution in [-0.2, 0) is 6.42 Å². The molecule has 4 rings (SSSR count). The van der Waals surface area contributed by atoms with Crippen LogP contribution in [0.15, 0.2) is 24.3 Å². The summed E-state index contributed by atoms with van der Waals surface area (Å²) < 4.78 is 0. The van der Waals surface area contributed by atoms with Gasteiger partial charge in [0.2, 0.25) is 0 Å². The molecule has 1 N–H and O–H groups in total. The average molecular weight is 295 g/mol. The fourth-order valence-electron chi connectivity index (χ4n) is 6.07. The van der Waals surface area contributed by atoms with Crippen LogP contribution in [0.3, 0.4) is 0 Å². The third-order valence-corrected chi connectivity index (χ3v) is 7.01. The summed E-state index contributed by atoms with van der Waals surface area (Å²) in [7, 11) is 0. The van der Waals surface area contributed by atoms with Gasteiger partial charge in [-0.2, -0.15) is 5.26 Å². The lowest BCUT2D eigenvalue weighted by Crippen LogP contribution is -2.45. The van der Waals surface area contributed by atoms with Crippen molar-refractivity contribution in [2.24, 2.45) is 17.3 Å². The van der Waals surface area contributed by atoms with Crippen molar-refractivity contribution in [3.63, 3.8) is 0 Å². The van der Waals surface area contributed by atoms with Crippen LogP contribution in [-0.4, -0.2) is 11.2 Å². The SMILES string of the molecule is N#CCC[C@]12CC[C@@H]3c4ccccc4CC[C@H]3[C@@H]1CCC2O. The van der Waals surface area contributed by atoms with Crippen molar-refractivity contribution in [2.75, 3.05) is 0 Å². The predicted molar refractivity (Wildman–Crippen MR) is 86.2 cm³/mol. The van der Waals surface area contributed by atoms with E-state index in [0.29, 0.717) is 18.3 Å². The third kappa shape index (κ3) is 1.95. The Morgan fingerprint density at radius 2 is 2.05 bits per heavy atom. The standard InChI is InChI=1S/C20H25NO/c21-13-3-11-20-12-10-16-15-5-2-1-4-14(15)6-7-17(16)18(20)8-9-19(20)22/h1-2,4-5,16-19,22H,3,6-12H2/t16-,17-,18+,19?,20+/m1/s1. The minimum atomic E-state index is -0.177. The number of aliphatic hydroxyl groups excluding tert-OH is 1. The first-order valence-corrected chi connectivity index (χ1v) is 8.89. The normalized spacial score (nSPS) is 39.5. The first-order valence-electron chi connectivity index (χ1n) is 8.89. The topological polar surface area (TPSA) is 44.0 Å². The number of fused-ring (bicyclic) bond motifs is 5. The fourth-order valence-corrected chi connectivity index (χ4v) is 6.07. The lowest BCUT2D eigenvalue weighted by Gasteiger charge is -2.51. The molecule has 116 valence electrons. The lowest BCUT2D eigenvalue weighted by atomic mass is 9.53. The van der Waals surface area contributed by atoms with Crippen LogP contribution in [0.2, 0.25) is 0 Å². The van der Waals surface area contributed by atoms with Crippen molar-refractivity contribution < 1.29 is 5.11 Å². The Hall–Kier alpha value is -1.33. The summed E-state index contributed by atoms with van der Waals surface area (Å²) in [6, 6.07) is 11.3. The largest absolute Gasteiger partial charge is 0.393 e. The molecule has 0 radical (unpaired) electrons. The van der Waals surface area contributed by atoms with Gasteiger partial charge in [0.25, 0.3) is 0 Å². The Morgan fingerprint density at radius 3 is 2.91 bits per heavy atom. The quantitative estimate of drug-likeness (QED) is 0.889. The van der Waals surface area contributed by atoms with E-state index in [1.165, 1.54) is 19.3 Å². The maximum absolute atomic E-state index is 10.7. The zero-order chi connectivity index (χ0) is 15.2. The second-order valence-corrected chi connectivity index (χ2v) is 7.64. The highest BCUT2D eigenvalue weighted by molar-refractivity contribution is 5.35. The molecule has 0 spiro atoms. The monoisotopic (exact) mass is 295 g/mol. The van der Waals surface area contributed by atoms with Gasteiger partial charge in [-0.05, 0) is 73.8 Å². The minimum Gasteiger partial charge on any atom is -0.393 e. The smallest absolute Gasteiger partial charge is 0.0621 e. The van der Waals surface area contributed by atoms with Gasteiger partial charge in [0, 0.05) is 11.8 Å². The lowest BCUT2D eigenvalue weighted by molar-refractivity contribution is -0.0418. The molecule has 0 saturated heterocycles. The third-order valence-electron chi connectivity index (χ3n) is 7.01. The summed E-state index contributed by atoms with van der Waals surface area (Å²) in [6.45, 7) is 0. The van der Waals surface area contributed by atoms with Crippen LogP contribution in [0, 0.1) is 28.6 Å². The molecule has 5 atom stereocenters. The van der Waals surface area contributed by atoms with Gasteiger partial charge in [-0.15, -0.1) is 0 Å². The highest BCUT2D eigenvalue weighted by Gasteiger charge is 2.56. The number of nitriles is 1. The molecule has 3 aliphatic carbocycles. The summed E-state index contributed by atoms with van der Waals surface area (Å²) in [6.07, 6.45) is 8.20. The maximum Gasteiger partial charge on any atom is 0.0621 e. The van der Waals surface area contributed by atoms with Crippen molar-refractivity contribution in [2.45, 2.75) is 63.4 Å². The van der Waals surface area contributed by atoms with Crippen molar-refractivity contribution in [3.8, 4) is 6.07 Å². The van der Waals surface area contributed by atoms with Gasteiger partial charge < -0.3 is 5.11 Å². The van der Waals surface area contributed by atoms with Crippen LogP contribution in [0.25, 0.3) is 0 Å². The summed E-state index contributed by atoms with van der Waals surface area (Å²) in [5.41, 5.74) is 3.17. The zero-order valence-corrected chi connectivity index (χ0v) is 13.2. The molecule has 0 amide bonds. The average Bonchev–Trinajstić information content (AvgIpc) is 2.90. The van der Waals surface area contributed by atoms with Gasteiger partial charge in [0.1, 0.15) is 0 Å². The van der Waals surface area contributed by atoms with Gasteiger partial charge in [-0.1, -0.05) is 24.3 Å². The van der Waals surface area contributed by atoms with Gasteiger partial charge in [-0.25, -0.2) is 0 Å². The van der Waals surface area contributed by atoms with E-state index in [1.807, 2.05) is 0 Å². The van der Waals surface area contributed by atoms with Gasteiger partial charge in [0.05, 0.1) is 12.2 Å². The van der Waals surface area contributed by atoms with E-state index in [9.17, 15) is 5.11 Å². The second kappa shape index (κ2) is 5.39. The van der Waals surface area contributed by atoms with Crippen LogP contribution >= 0.6 is 0 Å². The number of aliphatic hydroxyl groups is 1. The van der Waals surface area contributed by atoms with Crippen molar-refractivity contribution in [1.29, 1.82) is 5.26 Å². The molecule has 2 heteroatoms. The summed E-state index contributed by atoms with van der Waals surface area (Å²) in [4.78, 5) is 0. The maximum atomic E-state index is 10.7. The van der Waals surface area contributed by atoms with Gasteiger partial charge in [-0.3, -0.25) is 0 Å². The molecule has 2 fully saturated rings. The number of aryl methyl sites for hydroxylation is 1. The highest BCUT2D eigenvalue weighted by Crippen LogP contribution is 2.62. The van der Waals surface area contributed by atoms with Crippen molar-refractivity contribution in [3.05, 3.63) is 35.4 Å². The summed E-state index contributed by atoms with van der Waals surface area (Å²) in [5, 5.41) is 19.7. The minimum absolute atomic E-state index is 0.0448. The van der Waals surface area contributed by atoms with Crippen molar-refractivity contribution >= 4 is 0 Å². The number of nitrogens with zero attached hydrogens (tertiary/aromatic N) is 1. The fraction of sp³-hybridized carbons (Fsp3) is 0.650. The number of hydrogen-bond acceptors (Lipinski definition) is 2. The molecule has 3 aliphatic rings. The van der Waals surface area contributed by atoms with E-state index in [1.54, 1.807) is 11.1 Å². The number of hydrogen-bond donors (Lipinski definition) is 1. The molecule has 2 nitrogen and oxygen atoms in total. The molecular formula is C20H25NO. The predicted octanol–water partition coefficient (Wildman–Crippen LogP) is 4.19. The molecule has 0 aliphatic heterocycles. The molecule has 1 aromatic rings. The van der Waals surface area contributed by atoms with E-state index in [0.717, 1.165) is 31.6 Å². The van der Waals surface area contributed by atoms with E-state index < -0.39 is 0 Å². The molecular weight excluding hydrogens is 270 g/mol. The van der Waals surface area contributed by atoms with Crippen LogP contribution in [0.1, 0.15) is 62.0 Å². The van der Waals surface area contributed by atoms with Crippen LogP contribution < -0.4 is 0 Å². The number of rotatable bonds is 2. The van der Waals surface area contributed by atoms with Crippen LogP contribution in [0.5, 0.6) is 0 Å². The summed E-state index contributed by atoms with van der Waals surface area (Å²) in [5.74, 6) is 2.04. The first-order chi connectivity index (χ1) is 10.8. The highest BCUT2D eigenvalue weighted by atomic mass is 16.3. The Morgan fingerprint density at radius 1 is 1.18 bits per heavy atom. The van der Waals surface area contributed by atoms with E-state index in [4.69, 9.17) is 5.26 Å². The van der Waals surface area contributed by atoms with E-state index in [2.05, 4.69) is 30.3 Å². The molecule has 0 bridgehead atoms. The Labute approximate surface area is 133 Å². The first kappa shape index (κ1) is 14.3. The Balaban J connectivity index is 1.67. The molecule has 0 aromatic heterocycles. The summed E-state index contributed by atoms with van der Waals surface area (Å²) >= 11 is 0. The molecule has 22 heavy (non-hydrogen) atoms. The molecule has 2 saturated carbocycles. The van der Waals surface area contributed by atoms with Crippen LogP contribution in [0.4, 0.5) is 0 Å². The second-order valence-electron chi connectivity index (χ2n) is 7.64. The molecule has 1 aromatic carbocycles. The zero-order valence-electron chi connectivity index (χ0n) is 13.2. The van der Waals surface area contributed by atoms with Crippen molar-refractivity contribution in [1.82, 2.24) is 0 Å². The molecule has 0 heterocycles. The van der Waals surface area contributed by atoms with Gasteiger partial charge in [0.15, 0.2) is 0 Å². The van der Waals surface area contributed by atoms with E-state index >= 15 is 0 Å². The molecule has 1 unspecified atom stereocenters. The van der Waals surface area contributed by atoms with Gasteiger partial charge >= 0.3 is 0 Å².